The molecular formula is C13H24N2O3. The molecule has 0 unspecified atom stereocenters. The van der Waals surface area contributed by atoms with Crippen molar-refractivity contribution in [3.05, 3.63) is 0 Å². The van der Waals surface area contributed by atoms with Gasteiger partial charge in [0.1, 0.15) is 0 Å². The third-order valence-electron chi connectivity index (χ3n) is 3.29. The number of amides is 2. The highest BCUT2D eigenvalue weighted by Gasteiger charge is 2.27. The van der Waals surface area contributed by atoms with E-state index in [0.717, 1.165) is 19.3 Å². The molecule has 2 N–H and O–H groups in total. The van der Waals surface area contributed by atoms with Crippen molar-refractivity contribution in [2.24, 2.45) is 11.8 Å². The molecule has 5 heteroatoms. The van der Waals surface area contributed by atoms with Gasteiger partial charge in [0, 0.05) is 19.6 Å². The summed E-state index contributed by atoms with van der Waals surface area (Å²) in [5.41, 5.74) is 0. The van der Waals surface area contributed by atoms with Gasteiger partial charge in [0.05, 0.1) is 5.92 Å². The number of urea groups is 1. The zero-order valence-electron chi connectivity index (χ0n) is 11.3. The van der Waals surface area contributed by atoms with Gasteiger partial charge in [0.2, 0.25) is 0 Å². The smallest absolute Gasteiger partial charge is 0.317 e. The number of carbonyl (C=O) groups excluding carboxylic acids is 1. The van der Waals surface area contributed by atoms with Gasteiger partial charge in [-0.2, -0.15) is 0 Å². The van der Waals surface area contributed by atoms with Crippen LogP contribution in [0.2, 0.25) is 0 Å². The molecule has 1 rings (SSSR count). The van der Waals surface area contributed by atoms with Crippen LogP contribution in [0.1, 0.15) is 39.5 Å². The van der Waals surface area contributed by atoms with Gasteiger partial charge in [-0.15, -0.1) is 0 Å². The van der Waals surface area contributed by atoms with Gasteiger partial charge in [-0.05, 0) is 31.6 Å². The highest BCUT2D eigenvalue weighted by Crippen LogP contribution is 2.16. The Balaban J connectivity index is 2.26. The second kappa shape index (κ2) is 7.24. The normalized spacial score (nSPS) is 19.9. The van der Waals surface area contributed by atoms with Gasteiger partial charge < -0.3 is 15.3 Å². The zero-order chi connectivity index (χ0) is 13.5. The van der Waals surface area contributed by atoms with E-state index in [-0.39, 0.29) is 6.03 Å². The first kappa shape index (κ1) is 14.8. The molecule has 0 aromatic carbocycles. The summed E-state index contributed by atoms with van der Waals surface area (Å²) >= 11 is 0. The van der Waals surface area contributed by atoms with Crippen LogP contribution in [-0.4, -0.2) is 41.6 Å². The SMILES string of the molecule is CC(C)CCCNC(=O)N1CCC[C@@H](C(=O)O)C1. The average Bonchev–Trinajstić information content (AvgIpc) is 2.34. The lowest BCUT2D eigenvalue weighted by atomic mass is 9.99. The largest absolute Gasteiger partial charge is 0.481 e. The van der Waals surface area contributed by atoms with E-state index in [0.29, 0.717) is 32.0 Å². The minimum atomic E-state index is -0.799. The molecule has 0 bridgehead atoms. The lowest BCUT2D eigenvalue weighted by Crippen LogP contribution is -2.47. The maximum absolute atomic E-state index is 11.8. The molecule has 1 heterocycles. The molecule has 1 aliphatic heterocycles. The molecule has 0 aromatic rings. The van der Waals surface area contributed by atoms with Crippen molar-refractivity contribution in [3.8, 4) is 0 Å². The van der Waals surface area contributed by atoms with Crippen LogP contribution in [0.5, 0.6) is 0 Å². The summed E-state index contributed by atoms with van der Waals surface area (Å²) in [6.45, 7) is 5.99. The minimum absolute atomic E-state index is 0.121. The summed E-state index contributed by atoms with van der Waals surface area (Å²) in [5.74, 6) is -0.555. The summed E-state index contributed by atoms with van der Waals surface area (Å²) in [6.07, 6.45) is 3.51. The van der Waals surface area contributed by atoms with Crippen molar-refractivity contribution in [2.45, 2.75) is 39.5 Å². The van der Waals surface area contributed by atoms with Crippen molar-refractivity contribution in [2.75, 3.05) is 19.6 Å². The molecule has 18 heavy (non-hydrogen) atoms. The van der Waals surface area contributed by atoms with Crippen LogP contribution in [0.4, 0.5) is 4.79 Å². The number of carbonyl (C=O) groups is 2. The molecule has 0 aromatic heterocycles. The standard InChI is InChI=1S/C13H24N2O3/c1-10(2)5-3-7-14-13(18)15-8-4-6-11(9-15)12(16)17/h10-11H,3-9H2,1-2H3,(H,14,18)(H,16,17)/t11-/m1/s1. The third-order valence-corrected chi connectivity index (χ3v) is 3.29. The molecule has 5 nitrogen and oxygen atoms in total. The van der Waals surface area contributed by atoms with Gasteiger partial charge in [-0.3, -0.25) is 4.79 Å². The molecule has 0 saturated carbocycles. The Labute approximate surface area is 109 Å². The number of likely N-dealkylation sites (tertiary alicyclic amines) is 1. The van der Waals surface area contributed by atoms with Crippen LogP contribution in [0.15, 0.2) is 0 Å². The summed E-state index contributed by atoms with van der Waals surface area (Å²) in [4.78, 5) is 24.4. The lowest BCUT2D eigenvalue weighted by molar-refractivity contribution is -0.143. The van der Waals surface area contributed by atoms with E-state index in [2.05, 4.69) is 19.2 Å². The first-order chi connectivity index (χ1) is 8.50. The van der Waals surface area contributed by atoms with Gasteiger partial charge in [-0.25, -0.2) is 4.79 Å². The van der Waals surface area contributed by atoms with Gasteiger partial charge >= 0.3 is 12.0 Å². The lowest BCUT2D eigenvalue weighted by Gasteiger charge is -2.30. The fraction of sp³-hybridized carbons (Fsp3) is 0.846. The van der Waals surface area contributed by atoms with E-state index < -0.39 is 11.9 Å². The molecular weight excluding hydrogens is 232 g/mol. The zero-order valence-corrected chi connectivity index (χ0v) is 11.3. The minimum Gasteiger partial charge on any atom is -0.481 e. The van der Waals surface area contributed by atoms with Crippen LogP contribution >= 0.6 is 0 Å². The number of rotatable bonds is 5. The quantitative estimate of drug-likeness (QED) is 0.738. The Kier molecular flexibility index (Phi) is 5.95. The van der Waals surface area contributed by atoms with E-state index in [1.54, 1.807) is 4.90 Å². The Morgan fingerprint density at radius 2 is 2.17 bits per heavy atom. The van der Waals surface area contributed by atoms with Crippen LogP contribution < -0.4 is 5.32 Å². The van der Waals surface area contributed by atoms with Crippen LogP contribution in [-0.2, 0) is 4.79 Å². The fourth-order valence-corrected chi connectivity index (χ4v) is 2.18. The summed E-state index contributed by atoms with van der Waals surface area (Å²) in [7, 11) is 0. The number of aliphatic carboxylic acids is 1. The molecule has 104 valence electrons. The van der Waals surface area contributed by atoms with E-state index >= 15 is 0 Å². The number of nitrogens with one attached hydrogen (secondary N) is 1. The maximum atomic E-state index is 11.8. The molecule has 1 atom stereocenters. The molecule has 1 fully saturated rings. The van der Waals surface area contributed by atoms with Crippen LogP contribution in [0.25, 0.3) is 0 Å². The Bertz CT molecular complexity index is 292. The summed E-state index contributed by atoms with van der Waals surface area (Å²) in [6, 6.07) is -0.121. The first-order valence-corrected chi connectivity index (χ1v) is 6.76. The highest BCUT2D eigenvalue weighted by molar-refractivity contribution is 5.76. The predicted molar refractivity (Wildman–Crippen MR) is 69.4 cm³/mol. The number of nitrogens with zero attached hydrogens (tertiary/aromatic N) is 1. The van der Waals surface area contributed by atoms with Crippen molar-refractivity contribution in [1.29, 1.82) is 0 Å². The van der Waals surface area contributed by atoms with Crippen molar-refractivity contribution < 1.29 is 14.7 Å². The van der Waals surface area contributed by atoms with Crippen molar-refractivity contribution in [1.82, 2.24) is 10.2 Å². The third kappa shape index (κ3) is 4.94. The number of hydrogen-bond donors (Lipinski definition) is 2. The number of hydrogen-bond acceptors (Lipinski definition) is 2. The second-order valence-corrected chi connectivity index (χ2v) is 5.39. The van der Waals surface area contributed by atoms with Gasteiger partial charge in [0.25, 0.3) is 0 Å². The van der Waals surface area contributed by atoms with E-state index in [1.807, 2.05) is 0 Å². The predicted octanol–water partition coefficient (Wildman–Crippen LogP) is 1.93. The van der Waals surface area contributed by atoms with Gasteiger partial charge in [-0.1, -0.05) is 13.8 Å². The molecule has 1 aliphatic rings. The molecule has 1 saturated heterocycles. The van der Waals surface area contributed by atoms with Crippen LogP contribution in [0, 0.1) is 11.8 Å². The Morgan fingerprint density at radius 1 is 1.44 bits per heavy atom. The first-order valence-electron chi connectivity index (χ1n) is 6.76. The van der Waals surface area contributed by atoms with Crippen molar-refractivity contribution in [3.63, 3.8) is 0 Å². The van der Waals surface area contributed by atoms with E-state index in [9.17, 15) is 9.59 Å². The monoisotopic (exact) mass is 256 g/mol. The van der Waals surface area contributed by atoms with E-state index in [4.69, 9.17) is 5.11 Å². The van der Waals surface area contributed by atoms with Crippen LogP contribution in [0.3, 0.4) is 0 Å². The fourth-order valence-electron chi connectivity index (χ4n) is 2.18. The Morgan fingerprint density at radius 3 is 2.78 bits per heavy atom. The summed E-state index contributed by atoms with van der Waals surface area (Å²) < 4.78 is 0. The average molecular weight is 256 g/mol. The molecule has 2 amide bonds. The Hall–Kier alpha value is -1.26. The van der Waals surface area contributed by atoms with E-state index in [1.165, 1.54) is 0 Å². The number of carboxylic acid groups (broad SMARTS) is 1. The molecule has 0 radical (unpaired) electrons. The molecule has 0 spiro atoms. The topological polar surface area (TPSA) is 69.6 Å². The number of carboxylic acids is 1. The summed E-state index contributed by atoms with van der Waals surface area (Å²) in [5, 5.41) is 11.8. The second-order valence-electron chi connectivity index (χ2n) is 5.39. The molecule has 0 aliphatic carbocycles. The van der Waals surface area contributed by atoms with Gasteiger partial charge in [0.15, 0.2) is 0 Å². The number of piperidine rings is 1. The maximum Gasteiger partial charge on any atom is 0.317 e. The highest BCUT2D eigenvalue weighted by atomic mass is 16.4. The van der Waals surface area contributed by atoms with Crippen molar-refractivity contribution >= 4 is 12.0 Å².